The fourth-order valence-electron chi connectivity index (χ4n) is 3.60. The first-order valence-electron chi connectivity index (χ1n) is 9.86. The van der Waals surface area contributed by atoms with E-state index in [9.17, 15) is 18.0 Å². The summed E-state index contributed by atoms with van der Waals surface area (Å²) >= 11 is 0. The van der Waals surface area contributed by atoms with E-state index in [0.717, 1.165) is 0 Å². The lowest BCUT2D eigenvalue weighted by molar-refractivity contribution is -0.123. The second kappa shape index (κ2) is 8.08. The highest BCUT2D eigenvalue weighted by atomic mass is 32.2. The van der Waals surface area contributed by atoms with E-state index in [1.807, 2.05) is 13.0 Å². The van der Waals surface area contributed by atoms with Gasteiger partial charge in [0.25, 0.3) is 11.8 Å². The van der Waals surface area contributed by atoms with E-state index >= 15 is 0 Å². The molecule has 9 heteroatoms. The van der Waals surface area contributed by atoms with Crippen molar-refractivity contribution in [2.45, 2.75) is 24.3 Å². The highest BCUT2D eigenvalue weighted by Gasteiger charge is 2.32. The number of ether oxygens (including phenoxy) is 1. The van der Waals surface area contributed by atoms with E-state index < -0.39 is 16.1 Å². The smallest absolute Gasteiger partial charge is 0.265 e. The number of piperazine rings is 1. The van der Waals surface area contributed by atoms with Gasteiger partial charge in [-0.25, -0.2) is 8.42 Å². The van der Waals surface area contributed by atoms with Crippen LogP contribution in [0.5, 0.6) is 5.75 Å². The molecular weight excluding hydrogens is 406 g/mol. The van der Waals surface area contributed by atoms with Gasteiger partial charge in [0.2, 0.25) is 10.0 Å². The summed E-state index contributed by atoms with van der Waals surface area (Å²) in [5.74, 6) is 0.0676. The lowest BCUT2D eigenvalue weighted by atomic mass is 10.2. The molecule has 8 nitrogen and oxygen atoms in total. The maximum absolute atomic E-state index is 13.1. The van der Waals surface area contributed by atoms with Gasteiger partial charge in [-0.2, -0.15) is 4.31 Å². The molecule has 0 saturated carbocycles. The summed E-state index contributed by atoms with van der Waals surface area (Å²) in [5.41, 5.74) is 0.938. The monoisotopic (exact) mass is 429 g/mol. The average Bonchev–Trinajstić information content (AvgIpc) is 2.78. The Bertz CT molecular complexity index is 1060. The largest absolute Gasteiger partial charge is 0.478 e. The number of hydrogen-bond acceptors (Lipinski definition) is 5. The molecule has 30 heavy (non-hydrogen) atoms. The number of sulfonamides is 1. The van der Waals surface area contributed by atoms with Gasteiger partial charge in [0, 0.05) is 31.7 Å². The SMILES string of the molecule is CC[C@@H]1Oc2ccc(S(=O)(=O)N3CCN(C(=O)c4ccccc4)CC3)cc2NC1=O. The molecule has 1 atom stereocenters. The van der Waals surface area contributed by atoms with Crippen molar-refractivity contribution >= 4 is 27.5 Å². The van der Waals surface area contributed by atoms with Gasteiger partial charge in [-0.3, -0.25) is 9.59 Å². The van der Waals surface area contributed by atoms with Crippen LogP contribution in [-0.2, 0) is 14.8 Å². The predicted octanol–water partition coefficient (Wildman–Crippen LogP) is 1.94. The maximum Gasteiger partial charge on any atom is 0.265 e. The van der Waals surface area contributed by atoms with Crippen LogP contribution in [0.1, 0.15) is 23.7 Å². The molecule has 2 aliphatic heterocycles. The zero-order valence-electron chi connectivity index (χ0n) is 16.6. The predicted molar refractivity (Wildman–Crippen MR) is 111 cm³/mol. The molecule has 2 aromatic rings. The quantitative estimate of drug-likeness (QED) is 0.801. The molecule has 0 aliphatic carbocycles. The zero-order valence-corrected chi connectivity index (χ0v) is 17.4. The van der Waals surface area contributed by atoms with Crippen molar-refractivity contribution in [1.82, 2.24) is 9.21 Å². The lowest BCUT2D eigenvalue weighted by Gasteiger charge is -2.34. The van der Waals surface area contributed by atoms with Gasteiger partial charge in [0.15, 0.2) is 6.10 Å². The Morgan fingerprint density at radius 2 is 1.80 bits per heavy atom. The van der Waals surface area contributed by atoms with Gasteiger partial charge in [0.1, 0.15) is 5.75 Å². The van der Waals surface area contributed by atoms with Crippen molar-refractivity contribution < 1.29 is 22.7 Å². The molecule has 0 spiro atoms. The third-order valence-electron chi connectivity index (χ3n) is 5.33. The molecule has 0 bridgehead atoms. The van der Waals surface area contributed by atoms with E-state index in [0.29, 0.717) is 36.5 Å². The normalized spacial score (nSPS) is 19.6. The molecule has 1 fully saturated rings. The van der Waals surface area contributed by atoms with Crippen molar-refractivity contribution in [2.75, 3.05) is 31.5 Å². The number of nitrogens with zero attached hydrogens (tertiary/aromatic N) is 2. The average molecular weight is 429 g/mol. The first-order valence-corrected chi connectivity index (χ1v) is 11.3. The molecule has 1 saturated heterocycles. The zero-order chi connectivity index (χ0) is 21.3. The lowest BCUT2D eigenvalue weighted by Crippen LogP contribution is -2.50. The molecule has 2 aromatic carbocycles. The summed E-state index contributed by atoms with van der Waals surface area (Å²) in [6.07, 6.45) is -0.0488. The molecular formula is C21H23N3O5S. The van der Waals surface area contributed by atoms with Gasteiger partial charge in [-0.15, -0.1) is 0 Å². The van der Waals surface area contributed by atoms with Gasteiger partial charge in [-0.1, -0.05) is 25.1 Å². The van der Waals surface area contributed by atoms with Crippen molar-refractivity contribution in [3.63, 3.8) is 0 Å². The Morgan fingerprint density at radius 3 is 2.47 bits per heavy atom. The van der Waals surface area contributed by atoms with Crippen molar-refractivity contribution in [3.05, 3.63) is 54.1 Å². The maximum atomic E-state index is 13.1. The molecule has 0 radical (unpaired) electrons. The van der Waals surface area contributed by atoms with Gasteiger partial charge in [-0.05, 0) is 36.8 Å². The minimum absolute atomic E-state index is 0.0861. The fourth-order valence-corrected chi connectivity index (χ4v) is 5.05. The Balaban J connectivity index is 1.47. The number of nitrogens with one attached hydrogen (secondary N) is 1. The summed E-state index contributed by atoms with van der Waals surface area (Å²) in [7, 11) is -3.76. The van der Waals surface area contributed by atoms with E-state index in [4.69, 9.17) is 4.74 Å². The van der Waals surface area contributed by atoms with Crippen LogP contribution < -0.4 is 10.1 Å². The number of anilines is 1. The Morgan fingerprint density at radius 1 is 1.10 bits per heavy atom. The first-order chi connectivity index (χ1) is 14.4. The fraction of sp³-hybridized carbons (Fsp3) is 0.333. The molecule has 0 unspecified atom stereocenters. The molecule has 0 aromatic heterocycles. The molecule has 2 amide bonds. The second-order valence-corrected chi connectivity index (χ2v) is 9.16. The van der Waals surface area contributed by atoms with Crippen LogP contribution in [-0.4, -0.2) is 61.7 Å². The number of hydrogen-bond donors (Lipinski definition) is 1. The summed E-state index contributed by atoms with van der Waals surface area (Å²) in [6.45, 7) is 2.89. The topological polar surface area (TPSA) is 96.0 Å². The van der Waals surface area contributed by atoms with Crippen LogP contribution in [0.15, 0.2) is 53.4 Å². The third kappa shape index (κ3) is 3.78. The molecule has 2 aliphatic rings. The Labute approximate surface area is 175 Å². The summed E-state index contributed by atoms with van der Waals surface area (Å²) in [6, 6.07) is 13.4. The van der Waals surface area contributed by atoms with Crippen molar-refractivity contribution in [2.24, 2.45) is 0 Å². The Hall–Kier alpha value is -2.91. The highest BCUT2D eigenvalue weighted by molar-refractivity contribution is 7.89. The van der Waals surface area contributed by atoms with Crippen LogP contribution in [0.3, 0.4) is 0 Å². The summed E-state index contributed by atoms with van der Waals surface area (Å²) in [5, 5.41) is 2.72. The minimum atomic E-state index is -3.76. The Kier molecular flexibility index (Phi) is 5.48. The number of carbonyl (C=O) groups is 2. The standard InChI is InChI=1S/C21H23N3O5S/c1-2-18-20(25)22-17-14-16(8-9-19(17)29-18)30(27,28)24-12-10-23(11-13-24)21(26)15-6-4-3-5-7-15/h3-9,14,18H,2,10-13H2,1H3,(H,22,25)/t18-/m0/s1. The number of amides is 2. The molecule has 2 heterocycles. The molecule has 1 N–H and O–H groups in total. The van der Waals surface area contributed by atoms with Crippen LogP contribution in [0.4, 0.5) is 5.69 Å². The second-order valence-electron chi connectivity index (χ2n) is 7.22. The summed E-state index contributed by atoms with van der Waals surface area (Å²) < 4.78 is 33.2. The van der Waals surface area contributed by atoms with E-state index in [1.165, 1.54) is 16.4 Å². The van der Waals surface area contributed by atoms with Crippen molar-refractivity contribution in [3.8, 4) is 5.75 Å². The first kappa shape index (κ1) is 20.4. The number of fused-ring (bicyclic) bond motifs is 1. The van der Waals surface area contributed by atoms with E-state index in [2.05, 4.69) is 5.32 Å². The van der Waals surface area contributed by atoms with E-state index in [1.54, 1.807) is 35.2 Å². The number of benzene rings is 2. The van der Waals surface area contributed by atoms with Crippen LogP contribution in [0.25, 0.3) is 0 Å². The van der Waals surface area contributed by atoms with Crippen LogP contribution >= 0.6 is 0 Å². The van der Waals surface area contributed by atoms with Crippen molar-refractivity contribution in [1.29, 1.82) is 0 Å². The summed E-state index contributed by atoms with van der Waals surface area (Å²) in [4.78, 5) is 26.4. The number of carbonyl (C=O) groups excluding carboxylic acids is 2. The van der Waals surface area contributed by atoms with Crippen LogP contribution in [0, 0.1) is 0 Å². The molecule has 4 rings (SSSR count). The van der Waals surface area contributed by atoms with Gasteiger partial charge in [0.05, 0.1) is 10.6 Å². The molecule has 158 valence electrons. The van der Waals surface area contributed by atoms with Gasteiger partial charge >= 0.3 is 0 Å². The minimum Gasteiger partial charge on any atom is -0.478 e. The van der Waals surface area contributed by atoms with E-state index in [-0.39, 0.29) is 29.8 Å². The third-order valence-corrected chi connectivity index (χ3v) is 7.22. The van der Waals surface area contributed by atoms with Gasteiger partial charge < -0.3 is 15.0 Å². The highest BCUT2D eigenvalue weighted by Crippen LogP contribution is 2.33. The van der Waals surface area contributed by atoms with Crippen LogP contribution in [0.2, 0.25) is 0 Å². The number of rotatable bonds is 4.